The maximum Gasteiger partial charge on any atom is 0.234 e. The lowest BCUT2D eigenvalue weighted by atomic mass is 10.1. The normalized spacial score (nSPS) is 12.5. The molecule has 0 aliphatic rings. The highest BCUT2D eigenvalue weighted by molar-refractivity contribution is 5.78. The van der Waals surface area contributed by atoms with E-state index in [9.17, 15) is 4.79 Å². The number of carbonyl (C=O) groups is 1. The Labute approximate surface area is 97.2 Å². The summed E-state index contributed by atoms with van der Waals surface area (Å²) in [5, 5.41) is 6.04. The van der Waals surface area contributed by atoms with Crippen molar-refractivity contribution in [2.75, 3.05) is 6.54 Å². The zero-order valence-electron chi connectivity index (χ0n) is 10.2. The summed E-state index contributed by atoms with van der Waals surface area (Å²) in [7, 11) is 0. The highest BCUT2D eigenvalue weighted by Crippen LogP contribution is 2.10. The molecule has 1 aromatic rings. The zero-order valence-corrected chi connectivity index (χ0v) is 10.2. The molecule has 0 fully saturated rings. The molecule has 0 saturated heterocycles. The number of amides is 1. The molecule has 0 saturated carbocycles. The first-order valence-electron chi connectivity index (χ1n) is 5.67. The molecule has 3 heteroatoms. The van der Waals surface area contributed by atoms with Crippen LogP contribution in [0.15, 0.2) is 30.3 Å². The zero-order chi connectivity index (χ0) is 12.0. The van der Waals surface area contributed by atoms with Crippen LogP contribution in [0, 0.1) is 0 Å². The lowest BCUT2D eigenvalue weighted by Crippen LogP contribution is -2.37. The molecule has 2 N–H and O–H groups in total. The SMILES string of the molecule is CC(C)NCC(=O)N[C@@H](C)c1ccccc1. The van der Waals surface area contributed by atoms with E-state index in [1.54, 1.807) is 0 Å². The fourth-order valence-electron chi connectivity index (χ4n) is 1.41. The third-order valence-electron chi connectivity index (χ3n) is 2.35. The molecular formula is C13H20N2O. The van der Waals surface area contributed by atoms with E-state index in [-0.39, 0.29) is 11.9 Å². The van der Waals surface area contributed by atoms with Gasteiger partial charge in [0.15, 0.2) is 0 Å². The molecule has 0 aliphatic carbocycles. The second-order valence-electron chi connectivity index (χ2n) is 4.24. The van der Waals surface area contributed by atoms with E-state index in [0.29, 0.717) is 12.6 Å². The van der Waals surface area contributed by atoms with Gasteiger partial charge in [-0.1, -0.05) is 44.2 Å². The second-order valence-corrected chi connectivity index (χ2v) is 4.24. The molecule has 1 rings (SSSR count). The van der Waals surface area contributed by atoms with Crippen LogP contribution in [-0.4, -0.2) is 18.5 Å². The van der Waals surface area contributed by atoms with Crippen molar-refractivity contribution in [2.45, 2.75) is 32.9 Å². The van der Waals surface area contributed by atoms with E-state index in [1.165, 1.54) is 0 Å². The summed E-state index contributed by atoms with van der Waals surface area (Å²) in [5.41, 5.74) is 1.13. The van der Waals surface area contributed by atoms with Crippen LogP contribution in [0.1, 0.15) is 32.4 Å². The molecule has 0 aliphatic heterocycles. The fourth-order valence-corrected chi connectivity index (χ4v) is 1.41. The van der Waals surface area contributed by atoms with E-state index in [0.717, 1.165) is 5.56 Å². The molecule has 1 amide bonds. The minimum atomic E-state index is 0.0325. The third-order valence-corrected chi connectivity index (χ3v) is 2.35. The Hall–Kier alpha value is -1.35. The summed E-state index contributed by atoms with van der Waals surface area (Å²) in [4.78, 5) is 11.6. The summed E-state index contributed by atoms with van der Waals surface area (Å²) in [6.07, 6.45) is 0. The van der Waals surface area contributed by atoms with Crippen molar-refractivity contribution in [3.05, 3.63) is 35.9 Å². The highest BCUT2D eigenvalue weighted by atomic mass is 16.1. The van der Waals surface area contributed by atoms with Crippen molar-refractivity contribution in [1.29, 1.82) is 0 Å². The summed E-state index contributed by atoms with van der Waals surface area (Å²) in [5.74, 6) is 0.0325. The van der Waals surface area contributed by atoms with Gasteiger partial charge in [-0.3, -0.25) is 4.79 Å². The quantitative estimate of drug-likeness (QED) is 0.795. The van der Waals surface area contributed by atoms with Gasteiger partial charge in [-0.15, -0.1) is 0 Å². The molecule has 3 nitrogen and oxygen atoms in total. The molecular weight excluding hydrogens is 200 g/mol. The van der Waals surface area contributed by atoms with Crippen molar-refractivity contribution in [3.63, 3.8) is 0 Å². The summed E-state index contributed by atoms with van der Waals surface area (Å²) >= 11 is 0. The average molecular weight is 220 g/mol. The standard InChI is InChI=1S/C13H20N2O/c1-10(2)14-9-13(16)15-11(3)12-7-5-4-6-8-12/h4-8,10-11,14H,9H2,1-3H3,(H,15,16)/t11-/m0/s1. The van der Waals surface area contributed by atoms with Crippen molar-refractivity contribution >= 4 is 5.91 Å². The lowest BCUT2D eigenvalue weighted by Gasteiger charge is -2.15. The fraction of sp³-hybridized carbons (Fsp3) is 0.462. The van der Waals surface area contributed by atoms with Gasteiger partial charge < -0.3 is 10.6 Å². The molecule has 0 spiro atoms. The number of hydrogen-bond donors (Lipinski definition) is 2. The van der Waals surface area contributed by atoms with Gasteiger partial charge in [0.2, 0.25) is 5.91 Å². The smallest absolute Gasteiger partial charge is 0.234 e. The van der Waals surface area contributed by atoms with Gasteiger partial charge in [0.05, 0.1) is 12.6 Å². The Bertz CT molecular complexity index is 322. The summed E-state index contributed by atoms with van der Waals surface area (Å²) in [6, 6.07) is 10.3. The van der Waals surface area contributed by atoms with Crippen LogP contribution < -0.4 is 10.6 Å². The van der Waals surface area contributed by atoms with E-state index in [1.807, 2.05) is 51.1 Å². The molecule has 0 radical (unpaired) electrons. The maximum absolute atomic E-state index is 11.6. The van der Waals surface area contributed by atoms with E-state index >= 15 is 0 Å². The molecule has 16 heavy (non-hydrogen) atoms. The number of nitrogens with one attached hydrogen (secondary N) is 2. The van der Waals surface area contributed by atoms with E-state index in [4.69, 9.17) is 0 Å². The van der Waals surface area contributed by atoms with Crippen molar-refractivity contribution in [2.24, 2.45) is 0 Å². The summed E-state index contributed by atoms with van der Waals surface area (Å²) in [6.45, 7) is 6.40. The van der Waals surface area contributed by atoms with Crippen LogP contribution in [-0.2, 0) is 4.79 Å². The number of carbonyl (C=O) groups excluding carboxylic acids is 1. The Morgan fingerprint density at radius 3 is 2.38 bits per heavy atom. The molecule has 0 heterocycles. The van der Waals surface area contributed by atoms with Crippen molar-refractivity contribution in [1.82, 2.24) is 10.6 Å². The van der Waals surface area contributed by atoms with Gasteiger partial charge in [-0.05, 0) is 12.5 Å². The Kier molecular flexibility index (Phi) is 4.99. The largest absolute Gasteiger partial charge is 0.348 e. The predicted octanol–water partition coefficient (Wildman–Crippen LogP) is 1.86. The minimum absolute atomic E-state index is 0.0325. The van der Waals surface area contributed by atoms with Crippen molar-refractivity contribution < 1.29 is 4.79 Å². The van der Waals surface area contributed by atoms with Gasteiger partial charge in [0.25, 0.3) is 0 Å². The van der Waals surface area contributed by atoms with E-state index in [2.05, 4.69) is 10.6 Å². The van der Waals surface area contributed by atoms with Crippen LogP contribution in [0.4, 0.5) is 0 Å². The third kappa shape index (κ3) is 4.45. The highest BCUT2D eigenvalue weighted by Gasteiger charge is 2.08. The van der Waals surface area contributed by atoms with Crippen LogP contribution >= 0.6 is 0 Å². The van der Waals surface area contributed by atoms with Crippen molar-refractivity contribution in [3.8, 4) is 0 Å². The number of rotatable bonds is 5. The van der Waals surface area contributed by atoms with Gasteiger partial charge in [-0.2, -0.15) is 0 Å². The Balaban J connectivity index is 2.40. The first kappa shape index (κ1) is 12.7. The summed E-state index contributed by atoms with van der Waals surface area (Å²) < 4.78 is 0. The first-order valence-corrected chi connectivity index (χ1v) is 5.67. The molecule has 0 bridgehead atoms. The van der Waals surface area contributed by atoms with Crippen LogP contribution in [0.3, 0.4) is 0 Å². The topological polar surface area (TPSA) is 41.1 Å². The predicted molar refractivity (Wildman–Crippen MR) is 66.1 cm³/mol. The molecule has 0 unspecified atom stereocenters. The maximum atomic E-state index is 11.6. The van der Waals surface area contributed by atoms with Crippen LogP contribution in [0.5, 0.6) is 0 Å². The Morgan fingerprint density at radius 1 is 1.19 bits per heavy atom. The monoisotopic (exact) mass is 220 g/mol. The first-order chi connectivity index (χ1) is 7.59. The lowest BCUT2D eigenvalue weighted by molar-refractivity contribution is -0.121. The van der Waals surface area contributed by atoms with E-state index < -0.39 is 0 Å². The molecule has 88 valence electrons. The minimum Gasteiger partial charge on any atom is -0.348 e. The van der Waals surface area contributed by atoms with Gasteiger partial charge in [0, 0.05) is 6.04 Å². The molecule has 1 aromatic carbocycles. The Morgan fingerprint density at radius 2 is 1.81 bits per heavy atom. The van der Waals surface area contributed by atoms with Gasteiger partial charge >= 0.3 is 0 Å². The number of benzene rings is 1. The van der Waals surface area contributed by atoms with Gasteiger partial charge in [-0.25, -0.2) is 0 Å². The van der Waals surface area contributed by atoms with Crippen LogP contribution in [0.25, 0.3) is 0 Å². The second kappa shape index (κ2) is 6.28. The molecule has 1 atom stereocenters. The average Bonchev–Trinajstić information content (AvgIpc) is 2.27. The van der Waals surface area contributed by atoms with Gasteiger partial charge in [0.1, 0.15) is 0 Å². The molecule has 0 aromatic heterocycles. The number of hydrogen-bond acceptors (Lipinski definition) is 2. The van der Waals surface area contributed by atoms with Crippen LogP contribution in [0.2, 0.25) is 0 Å².